The molecule has 270 valence electrons. The van der Waals surface area contributed by atoms with Gasteiger partial charge in [-0.05, 0) is 83.4 Å². The lowest BCUT2D eigenvalue weighted by atomic mass is 9.85. The molecule has 0 aliphatic heterocycles. The largest absolute Gasteiger partial charge is 0.345 e. The molecule has 0 saturated carbocycles. The minimum atomic E-state index is 0.566. The lowest BCUT2D eigenvalue weighted by Crippen LogP contribution is -2.10. The van der Waals surface area contributed by atoms with Crippen molar-refractivity contribution in [3.63, 3.8) is 0 Å². The van der Waals surface area contributed by atoms with Gasteiger partial charge in [0.2, 0.25) is 0 Å². The van der Waals surface area contributed by atoms with E-state index in [1.54, 1.807) is 0 Å². The van der Waals surface area contributed by atoms with E-state index in [2.05, 4.69) is 77.2 Å². The van der Waals surface area contributed by atoms with Crippen LogP contribution in [0.3, 0.4) is 0 Å². The average molecular weight is 661 g/mol. The summed E-state index contributed by atoms with van der Waals surface area (Å²) in [6.45, 7) is 18.2. The van der Waals surface area contributed by atoms with Crippen LogP contribution in [0.2, 0.25) is 0 Å². The maximum atomic E-state index is 12.5. The molecule has 2 heterocycles. The molecule has 0 amide bonds. The van der Waals surface area contributed by atoms with Gasteiger partial charge in [-0.25, -0.2) is 0 Å². The van der Waals surface area contributed by atoms with Crippen LogP contribution in [-0.4, -0.2) is 22.5 Å². The SMILES string of the molecule is CCCCC(CC)Cc1c(C#Cc2[nH]c(C=O)c(CC(CC)CCCC)c2CC(CC)CCCC)[nH]c(C=O)c1CC(CC)CCCC. The Morgan fingerprint density at radius 1 is 0.458 bits per heavy atom. The van der Waals surface area contributed by atoms with Gasteiger partial charge in [-0.2, -0.15) is 0 Å². The Kier molecular flexibility index (Phi) is 20.6. The number of H-pyrrole nitrogens is 2. The Morgan fingerprint density at radius 3 is 0.958 bits per heavy atom. The lowest BCUT2D eigenvalue weighted by molar-refractivity contribution is 0.111. The van der Waals surface area contributed by atoms with E-state index in [-0.39, 0.29) is 0 Å². The van der Waals surface area contributed by atoms with Gasteiger partial charge < -0.3 is 9.97 Å². The van der Waals surface area contributed by atoms with Crippen LogP contribution in [0.4, 0.5) is 0 Å². The molecule has 2 aromatic rings. The van der Waals surface area contributed by atoms with Crippen molar-refractivity contribution in [3.8, 4) is 11.8 Å². The van der Waals surface area contributed by atoms with Gasteiger partial charge in [0, 0.05) is 0 Å². The average Bonchev–Trinajstić information content (AvgIpc) is 3.62. The summed E-state index contributed by atoms with van der Waals surface area (Å²) in [5.74, 6) is 9.42. The second kappa shape index (κ2) is 23.8. The maximum Gasteiger partial charge on any atom is 0.166 e. The molecule has 0 aliphatic carbocycles. The molecule has 2 aromatic heterocycles. The van der Waals surface area contributed by atoms with Crippen molar-refractivity contribution in [2.75, 3.05) is 0 Å². The zero-order valence-corrected chi connectivity index (χ0v) is 32.4. The van der Waals surface area contributed by atoms with Gasteiger partial charge in [-0.1, -0.05) is 158 Å². The van der Waals surface area contributed by atoms with E-state index < -0.39 is 0 Å². The first kappa shape index (κ1) is 41.6. The molecule has 0 bridgehead atoms. The van der Waals surface area contributed by atoms with E-state index in [1.165, 1.54) is 99.3 Å². The van der Waals surface area contributed by atoms with Crippen molar-refractivity contribution >= 4 is 12.6 Å². The first-order valence-corrected chi connectivity index (χ1v) is 20.3. The molecule has 4 heteroatoms. The standard InChI is InChI=1S/C44H72N2O2/c1-9-17-21-33(13-5)27-37-39(29-35(15-7)23-19-11-3)43(31-47)45-41(37)25-26-42-38(28-34(14-6)22-18-10-2)40(44(32-48)46-42)30-36(16-8)24-20-12-4/h31-36,45-46H,9-24,27-30H2,1-8H3. The third kappa shape index (κ3) is 12.7. The van der Waals surface area contributed by atoms with Crippen LogP contribution in [0.5, 0.6) is 0 Å². The highest BCUT2D eigenvalue weighted by atomic mass is 16.1. The second-order valence-electron chi connectivity index (χ2n) is 14.7. The number of aromatic nitrogens is 2. The van der Waals surface area contributed by atoms with Crippen LogP contribution < -0.4 is 0 Å². The van der Waals surface area contributed by atoms with Gasteiger partial charge in [0.15, 0.2) is 12.6 Å². The van der Waals surface area contributed by atoms with Gasteiger partial charge in [0.1, 0.15) is 0 Å². The lowest BCUT2D eigenvalue weighted by Gasteiger charge is -2.19. The number of rotatable bonds is 26. The second-order valence-corrected chi connectivity index (χ2v) is 14.7. The summed E-state index contributed by atoms with van der Waals surface area (Å²) in [5, 5.41) is 0. The molecule has 0 aliphatic rings. The van der Waals surface area contributed by atoms with E-state index in [4.69, 9.17) is 0 Å². The van der Waals surface area contributed by atoms with Gasteiger partial charge in [0.25, 0.3) is 0 Å². The van der Waals surface area contributed by atoms with E-state index in [0.29, 0.717) is 35.1 Å². The number of hydrogen-bond acceptors (Lipinski definition) is 2. The molecule has 0 spiro atoms. The fourth-order valence-corrected chi connectivity index (χ4v) is 7.58. The van der Waals surface area contributed by atoms with E-state index >= 15 is 0 Å². The zero-order chi connectivity index (χ0) is 35.3. The molecule has 0 aromatic carbocycles. The molecule has 0 saturated heterocycles. The van der Waals surface area contributed by atoms with E-state index in [0.717, 1.165) is 75.3 Å². The van der Waals surface area contributed by atoms with Crippen LogP contribution in [0, 0.1) is 35.5 Å². The van der Waals surface area contributed by atoms with Gasteiger partial charge in [-0.15, -0.1) is 0 Å². The third-order valence-electron chi connectivity index (χ3n) is 11.2. The molecular formula is C44H72N2O2. The molecule has 4 unspecified atom stereocenters. The maximum absolute atomic E-state index is 12.5. The molecule has 48 heavy (non-hydrogen) atoms. The molecular weight excluding hydrogens is 588 g/mol. The Balaban J connectivity index is 2.73. The van der Waals surface area contributed by atoms with Crippen LogP contribution >= 0.6 is 0 Å². The summed E-state index contributed by atoms with van der Waals surface area (Å²) in [7, 11) is 0. The van der Waals surface area contributed by atoms with Crippen molar-refractivity contribution in [3.05, 3.63) is 45.0 Å². The van der Waals surface area contributed by atoms with Crippen LogP contribution in [0.1, 0.15) is 213 Å². The Hall–Kier alpha value is -2.54. The predicted octanol–water partition coefficient (Wildman–Crippen LogP) is 12.4. The molecule has 2 rings (SSSR count). The minimum absolute atomic E-state index is 0.566. The van der Waals surface area contributed by atoms with Gasteiger partial charge in [0.05, 0.1) is 22.8 Å². The third-order valence-corrected chi connectivity index (χ3v) is 11.2. The molecule has 4 nitrogen and oxygen atoms in total. The fraction of sp³-hybridized carbons (Fsp3) is 0.727. The van der Waals surface area contributed by atoms with E-state index in [1.807, 2.05) is 0 Å². The molecule has 0 radical (unpaired) electrons. The number of aromatic amines is 2. The van der Waals surface area contributed by atoms with Crippen molar-refractivity contribution in [2.24, 2.45) is 23.7 Å². The van der Waals surface area contributed by atoms with Crippen molar-refractivity contribution in [1.82, 2.24) is 9.97 Å². The van der Waals surface area contributed by atoms with Crippen molar-refractivity contribution in [1.29, 1.82) is 0 Å². The summed E-state index contributed by atoms with van der Waals surface area (Å²) in [4.78, 5) is 32.1. The number of unbranched alkanes of at least 4 members (excludes halogenated alkanes) is 4. The molecule has 4 atom stereocenters. The quantitative estimate of drug-likeness (QED) is 0.0779. The number of hydrogen-bond donors (Lipinski definition) is 2. The Morgan fingerprint density at radius 2 is 0.729 bits per heavy atom. The monoisotopic (exact) mass is 661 g/mol. The van der Waals surface area contributed by atoms with Crippen molar-refractivity contribution in [2.45, 2.75) is 184 Å². The molecule has 0 fully saturated rings. The summed E-state index contributed by atoms with van der Waals surface area (Å²) >= 11 is 0. The number of carbonyl (C=O) groups excluding carboxylic acids is 2. The predicted molar refractivity (Wildman–Crippen MR) is 206 cm³/mol. The zero-order valence-electron chi connectivity index (χ0n) is 32.4. The van der Waals surface area contributed by atoms with Gasteiger partial charge >= 0.3 is 0 Å². The summed E-state index contributed by atoms with van der Waals surface area (Å²) in [6, 6.07) is 0. The highest BCUT2D eigenvalue weighted by Crippen LogP contribution is 2.32. The minimum Gasteiger partial charge on any atom is -0.345 e. The van der Waals surface area contributed by atoms with Crippen LogP contribution in [-0.2, 0) is 25.7 Å². The number of aldehydes is 2. The Labute approximate surface area is 295 Å². The smallest absolute Gasteiger partial charge is 0.166 e. The first-order valence-electron chi connectivity index (χ1n) is 20.3. The molecule has 2 N–H and O–H groups in total. The number of carbonyl (C=O) groups is 2. The fourth-order valence-electron chi connectivity index (χ4n) is 7.58. The normalized spacial score (nSPS) is 13.9. The Bertz CT molecular complexity index is 1160. The number of nitrogens with one attached hydrogen (secondary N) is 2. The van der Waals surface area contributed by atoms with Gasteiger partial charge in [-0.3, -0.25) is 9.59 Å². The van der Waals surface area contributed by atoms with Crippen molar-refractivity contribution < 1.29 is 9.59 Å². The summed E-state index contributed by atoms with van der Waals surface area (Å²) in [6.07, 6.45) is 24.8. The summed E-state index contributed by atoms with van der Waals surface area (Å²) < 4.78 is 0. The highest BCUT2D eigenvalue weighted by Gasteiger charge is 2.24. The summed E-state index contributed by atoms with van der Waals surface area (Å²) in [5.41, 5.74) is 8.12. The van der Waals surface area contributed by atoms with Crippen LogP contribution in [0.25, 0.3) is 0 Å². The van der Waals surface area contributed by atoms with E-state index in [9.17, 15) is 9.59 Å². The van der Waals surface area contributed by atoms with Crippen LogP contribution in [0.15, 0.2) is 0 Å². The highest BCUT2D eigenvalue weighted by molar-refractivity contribution is 5.78. The first-order chi connectivity index (χ1) is 23.4. The topological polar surface area (TPSA) is 65.7 Å².